The third-order valence-electron chi connectivity index (χ3n) is 2.34. The second-order valence-corrected chi connectivity index (χ2v) is 3.09. The number of carboxylic acid groups (broad SMARTS) is 1. The van der Waals surface area contributed by atoms with E-state index in [9.17, 15) is 9.59 Å². The number of carbonyl (C=O) groups excluding carboxylic acids is 1. The molecule has 5 nitrogen and oxygen atoms in total. The molecular weight excluding hydrogens is 162 g/mol. The number of amides is 1. The van der Waals surface area contributed by atoms with Crippen molar-refractivity contribution in [1.82, 2.24) is 4.90 Å². The number of hydrogen-bond acceptors (Lipinski definition) is 3. The molecular formula is C7H9NO4. The van der Waals surface area contributed by atoms with E-state index in [-0.39, 0.29) is 12.1 Å². The Morgan fingerprint density at radius 1 is 1.58 bits per heavy atom. The van der Waals surface area contributed by atoms with Crippen LogP contribution >= 0.6 is 0 Å². The fraction of sp³-hybridized carbons (Fsp3) is 0.714. The Hall–Kier alpha value is -1.26. The third kappa shape index (κ3) is 0.929. The lowest BCUT2D eigenvalue weighted by molar-refractivity contribution is -0.173. The van der Waals surface area contributed by atoms with E-state index in [0.717, 1.165) is 6.42 Å². The number of piperidine rings is 1. The number of carbonyl (C=O) groups is 2. The van der Waals surface area contributed by atoms with Crippen molar-refractivity contribution in [1.29, 1.82) is 0 Å². The van der Waals surface area contributed by atoms with E-state index in [0.29, 0.717) is 13.0 Å². The normalized spacial score (nSPS) is 33.3. The summed E-state index contributed by atoms with van der Waals surface area (Å²) in [6, 6.07) is -0.549. The number of hydrogen-bond donors (Lipinski definition) is 1. The van der Waals surface area contributed by atoms with Crippen molar-refractivity contribution in [3.05, 3.63) is 0 Å². The molecule has 0 aromatic carbocycles. The summed E-state index contributed by atoms with van der Waals surface area (Å²) >= 11 is 0. The largest absolute Gasteiger partial charge is 0.465 e. The van der Waals surface area contributed by atoms with E-state index in [2.05, 4.69) is 0 Å². The highest BCUT2D eigenvalue weighted by atomic mass is 16.6. The maximum Gasteiger partial charge on any atom is 0.408 e. The fourth-order valence-electron chi connectivity index (χ4n) is 1.73. The zero-order valence-electron chi connectivity index (χ0n) is 6.40. The van der Waals surface area contributed by atoms with Gasteiger partial charge in [0, 0.05) is 0 Å². The lowest BCUT2D eigenvalue weighted by Crippen LogP contribution is -2.58. The molecule has 3 aliphatic rings. The molecule has 0 radical (unpaired) electrons. The quantitative estimate of drug-likeness (QED) is 0.523. The van der Waals surface area contributed by atoms with Gasteiger partial charge in [-0.1, -0.05) is 0 Å². The first-order valence-corrected chi connectivity index (χ1v) is 3.88. The summed E-state index contributed by atoms with van der Waals surface area (Å²) in [4.78, 5) is 22.8. The van der Waals surface area contributed by atoms with Crippen LogP contribution in [0.25, 0.3) is 0 Å². The Morgan fingerprint density at radius 3 is 2.75 bits per heavy atom. The summed E-state index contributed by atoms with van der Waals surface area (Å²) in [5.74, 6) is -0.389. The van der Waals surface area contributed by atoms with Gasteiger partial charge in [-0.15, -0.1) is 0 Å². The lowest BCUT2D eigenvalue weighted by Gasteiger charge is -2.41. The zero-order chi connectivity index (χ0) is 8.72. The molecule has 12 heavy (non-hydrogen) atoms. The maximum atomic E-state index is 11.0. The highest BCUT2D eigenvalue weighted by Gasteiger charge is 2.43. The molecule has 0 aromatic heterocycles. The lowest BCUT2D eigenvalue weighted by atomic mass is 9.97. The van der Waals surface area contributed by atoms with Crippen LogP contribution in [0.2, 0.25) is 0 Å². The Labute approximate surface area is 68.9 Å². The molecule has 0 saturated carbocycles. The Morgan fingerprint density at radius 2 is 2.33 bits per heavy atom. The van der Waals surface area contributed by atoms with E-state index in [4.69, 9.17) is 9.84 Å². The number of rotatable bonds is 0. The summed E-state index contributed by atoms with van der Waals surface area (Å²) in [6.07, 6.45) is 0.163. The standard InChI is InChI=1S/C7H9NO4/c9-6-5-2-1-4(12-6)3-8(5)7(10)11/h4-5H,1-3H2,(H,10,11)/t4-,5-/m0/s1. The van der Waals surface area contributed by atoms with Crippen LogP contribution in [0.5, 0.6) is 0 Å². The molecule has 2 bridgehead atoms. The van der Waals surface area contributed by atoms with Crippen LogP contribution in [0, 0.1) is 0 Å². The molecule has 5 heteroatoms. The summed E-state index contributed by atoms with van der Waals surface area (Å²) in [5, 5.41) is 8.70. The van der Waals surface area contributed by atoms with Gasteiger partial charge in [0.2, 0.25) is 0 Å². The van der Waals surface area contributed by atoms with Gasteiger partial charge >= 0.3 is 12.1 Å². The minimum absolute atomic E-state index is 0.210. The van der Waals surface area contributed by atoms with Crippen LogP contribution in [-0.4, -0.2) is 40.8 Å². The molecule has 0 aliphatic carbocycles. The van der Waals surface area contributed by atoms with Crippen molar-refractivity contribution in [2.75, 3.05) is 6.54 Å². The molecule has 3 fully saturated rings. The Balaban J connectivity index is 2.19. The average Bonchev–Trinajstić information content (AvgIpc) is 2.04. The van der Waals surface area contributed by atoms with Gasteiger partial charge in [-0.05, 0) is 12.8 Å². The smallest absolute Gasteiger partial charge is 0.408 e. The van der Waals surface area contributed by atoms with E-state index >= 15 is 0 Å². The van der Waals surface area contributed by atoms with Gasteiger partial charge < -0.3 is 9.84 Å². The molecule has 2 atom stereocenters. The monoisotopic (exact) mass is 171 g/mol. The van der Waals surface area contributed by atoms with Gasteiger partial charge in [-0.3, -0.25) is 4.90 Å². The average molecular weight is 171 g/mol. The summed E-state index contributed by atoms with van der Waals surface area (Å²) in [5.41, 5.74) is 0. The Kier molecular flexibility index (Phi) is 1.46. The van der Waals surface area contributed by atoms with Gasteiger partial charge in [0.15, 0.2) is 0 Å². The van der Waals surface area contributed by atoms with Crippen LogP contribution in [0.4, 0.5) is 4.79 Å². The molecule has 3 saturated heterocycles. The molecule has 0 unspecified atom stereocenters. The molecule has 66 valence electrons. The van der Waals surface area contributed by atoms with Crippen molar-refractivity contribution in [2.24, 2.45) is 0 Å². The summed E-state index contributed by atoms with van der Waals surface area (Å²) in [7, 11) is 0. The Bertz CT molecular complexity index is 240. The van der Waals surface area contributed by atoms with Crippen LogP contribution in [0.1, 0.15) is 12.8 Å². The molecule has 3 heterocycles. The number of esters is 1. The number of morpholine rings is 1. The first kappa shape index (κ1) is 7.39. The van der Waals surface area contributed by atoms with E-state index in [1.807, 2.05) is 0 Å². The maximum absolute atomic E-state index is 11.0. The first-order chi connectivity index (χ1) is 5.68. The van der Waals surface area contributed by atoms with Gasteiger partial charge in [-0.25, -0.2) is 9.59 Å². The van der Waals surface area contributed by atoms with Crippen LogP contribution in [0.3, 0.4) is 0 Å². The highest BCUT2D eigenvalue weighted by Crippen LogP contribution is 2.26. The SMILES string of the molecule is O=C1O[C@H]2CC[C@@H]1N(C(=O)O)C2. The molecule has 0 aromatic rings. The highest BCUT2D eigenvalue weighted by molar-refractivity contribution is 5.82. The molecule has 3 aliphatic heterocycles. The molecule has 0 spiro atoms. The summed E-state index contributed by atoms with van der Waals surface area (Å²) in [6.45, 7) is 0.339. The third-order valence-corrected chi connectivity index (χ3v) is 2.34. The van der Waals surface area contributed by atoms with Crippen molar-refractivity contribution < 1.29 is 19.4 Å². The van der Waals surface area contributed by atoms with E-state index < -0.39 is 12.1 Å². The van der Waals surface area contributed by atoms with Crippen molar-refractivity contribution in [2.45, 2.75) is 25.0 Å². The van der Waals surface area contributed by atoms with Gasteiger partial charge in [0.25, 0.3) is 0 Å². The van der Waals surface area contributed by atoms with Crippen molar-refractivity contribution in [3.63, 3.8) is 0 Å². The van der Waals surface area contributed by atoms with Crippen LogP contribution in [0.15, 0.2) is 0 Å². The van der Waals surface area contributed by atoms with Gasteiger partial charge in [-0.2, -0.15) is 0 Å². The van der Waals surface area contributed by atoms with E-state index in [1.165, 1.54) is 4.90 Å². The molecule has 3 rings (SSSR count). The number of ether oxygens (including phenoxy) is 1. The summed E-state index contributed by atoms with van der Waals surface area (Å²) < 4.78 is 4.92. The predicted molar refractivity (Wildman–Crippen MR) is 37.6 cm³/mol. The number of fused-ring (bicyclic) bond motifs is 3. The second-order valence-electron chi connectivity index (χ2n) is 3.09. The molecule has 1 N–H and O–H groups in total. The van der Waals surface area contributed by atoms with Crippen LogP contribution < -0.4 is 0 Å². The zero-order valence-corrected chi connectivity index (χ0v) is 6.40. The topological polar surface area (TPSA) is 66.8 Å². The fourth-order valence-corrected chi connectivity index (χ4v) is 1.73. The van der Waals surface area contributed by atoms with Crippen molar-refractivity contribution in [3.8, 4) is 0 Å². The minimum atomic E-state index is -1.03. The first-order valence-electron chi connectivity index (χ1n) is 3.88. The number of nitrogens with zero attached hydrogens (tertiary/aromatic N) is 1. The minimum Gasteiger partial charge on any atom is -0.465 e. The van der Waals surface area contributed by atoms with E-state index in [1.54, 1.807) is 0 Å². The van der Waals surface area contributed by atoms with Crippen molar-refractivity contribution >= 4 is 12.1 Å². The van der Waals surface area contributed by atoms with Crippen LogP contribution in [-0.2, 0) is 9.53 Å². The second kappa shape index (κ2) is 2.36. The predicted octanol–water partition coefficient (Wildman–Crippen LogP) is 0.0542. The van der Waals surface area contributed by atoms with Gasteiger partial charge in [0.1, 0.15) is 12.1 Å². The van der Waals surface area contributed by atoms with Gasteiger partial charge in [0.05, 0.1) is 6.54 Å². The molecule has 1 amide bonds.